The Morgan fingerprint density at radius 2 is 1.27 bits per heavy atom. The summed E-state index contributed by atoms with van der Waals surface area (Å²) in [4.78, 5) is 42.3. The van der Waals surface area contributed by atoms with Crippen LogP contribution in [0, 0.1) is 0 Å². The summed E-state index contributed by atoms with van der Waals surface area (Å²) in [7, 11) is 0. The first kappa shape index (κ1) is 26.7. The maximum absolute atomic E-state index is 11.7. The predicted molar refractivity (Wildman–Crippen MR) is 123 cm³/mol. The lowest BCUT2D eigenvalue weighted by Crippen LogP contribution is -2.53. The van der Waals surface area contributed by atoms with Crippen molar-refractivity contribution < 1.29 is 29.7 Å². The van der Waals surface area contributed by atoms with Gasteiger partial charge in [0.15, 0.2) is 0 Å². The van der Waals surface area contributed by atoms with E-state index in [1.54, 1.807) is 4.90 Å². The van der Waals surface area contributed by atoms with Gasteiger partial charge in [-0.1, -0.05) is 37.3 Å². The van der Waals surface area contributed by atoms with E-state index in [1.807, 2.05) is 47.1 Å². The van der Waals surface area contributed by atoms with Gasteiger partial charge >= 0.3 is 17.9 Å². The Morgan fingerprint density at radius 1 is 0.758 bits per heavy atom. The number of hydrogen-bond donors (Lipinski definition) is 3. The zero-order valence-electron chi connectivity index (χ0n) is 19.3. The van der Waals surface area contributed by atoms with E-state index in [2.05, 4.69) is 4.90 Å². The van der Waals surface area contributed by atoms with Crippen molar-refractivity contribution in [3.63, 3.8) is 0 Å². The van der Waals surface area contributed by atoms with Gasteiger partial charge in [0.2, 0.25) is 0 Å². The molecule has 1 atom stereocenters. The molecular formula is C23H36N4O6. The monoisotopic (exact) mass is 464 g/mol. The molecule has 1 aromatic rings. The van der Waals surface area contributed by atoms with Crippen molar-refractivity contribution in [2.24, 2.45) is 0 Å². The molecule has 0 saturated carbocycles. The fraction of sp³-hybridized carbons (Fsp3) is 0.609. The summed E-state index contributed by atoms with van der Waals surface area (Å²) in [6.45, 7) is 5.97. The molecule has 33 heavy (non-hydrogen) atoms. The first-order valence-electron chi connectivity index (χ1n) is 11.4. The van der Waals surface area contributed by atoms with Crippen LogP contribution in [0.25, 0.3) is 0 Å². The van der Waals surface area contributed by atoms with Gasteiger partial charge in [-0.15, -0.1) is 0 Å². The molecule has 1 aromatic carbocycles. The van der Waals surface area contributed by atoms with Gasteiger partial charge in [-0.05, 0) is 18.5 Å². The first-order chi connectivity index (χ1) is 15.8. The standard InChI is InChI=1S/C23H36N4O6/c1-2-24-8-9-25(16-21(28)29)10-11-26(17-22(30)31)15-20(14-19-6-4-3-5-7-19)27(13-12-24)18-23(32)33/h3-7,20H,2,8-18H2,1H3,(H,28,29)(H,30,31)(H,32,33). The van der Waals surface area contributed by atoms with Crippen LogP contribution in [-0.2, 0) is 20.8 Å². The van der Waals surface area contributed by atoms with E-state index in [0.29, 0.717) is 52.2 Å². The van der Waals surface area contributed by atoms with Crippen LogP contribution >= 0.6 is 0 Å². The van der Waals surface area contributed by atoms with E-state index in [-0.39, 0.29) is 25.7 Å². The molecule has 3 N–H and O–H groups in total. The Kier molecular flexibility index (Phi) is 11.2. The molecule has 1 aliphatic heterocycles. The largest absolute Gasteiger partial charge is 0.480 e. The third-order valence-electron chi connectivity index (χ3n) is 5.97. The molecule has 1 aliphatic rings. The van der Waals surface area contributed by atoms with Crippen LogP contribution in [0.4, 0.5) is 0 Å². The molecular weight excluding hydrogens is 428 g/mol. The van der Waals surface area contributed by atoms with Gasteiger partial charge in [-0.25, -0.2) is 0 Å². The molecule has 0 bridgehead atoms. The van der Waals surface area contributed by atoms with Gasteiger partial charge in [0, 0.05) is 51.9 Å². The third kappa shape index (κ3) is 10.3. The maximum atomic E-state index is 11.7. The van der Waals surface area contributed by atoms with Crippen molar-refractivity contribution >= 4 is 17.9 Å². The minimum atomic E-state index is -0.965. The highest BCUT2D eigenvalue weighted by atomic mass is 16.4. The van der Waals surface area contributed by atoms with Crippen LogP contribution in [-0.4, -0.2) is 131 Å². The second kappa shape index (κ2) is 13.9. The maximum Gasteiger partial charge on any atom is 0.317 e. The van der Waals surface area contributed by atoms with Crippen molar-refractivity contribution in [2.45, 2.75) is 19.4 Å². The van der Waals surface area contributed by atoms with E-state index < -0.39 is 17.9 Å². The van der Waals surface area contributed by atoms with E-state index >= 15 is 0 Å². The number of rotatable bonds is 9. The van der Waals surface area contributed by atoms with E-state index in [0.717, 1.165) is 12.1 Å². The Hall–Kier alpha value is -2.53. The van der Waals surface area contributed by atoms with Gasteiger partial charge in [0.05, 0.1) is 19.6 Å². The molecule has 0 aliphatic carbocycles. The predicted octanol–water partition coefficient (Wildman–Crippen LogP) is 0.0930. The lowest BCUT2D eigenvalue weighted by atomic mass is 10.0. The first-order valence-corrected chi connectivity index (χ1v) is 11.4. The minimum Gasteiger partial charge on any atom is -0.480 e. The minimum absolute atomic E-state index is 0.100. The SMILES string of the molecule is CCN1CCN(CC(=O)O)CCN(CC(=O)O)CC(Cc2ccccc2)N(CC(=O)O)CC1. The van der Waals surface area contributed by atoms with Crippen molar-refractivity contribution in [1.29, 1.82) is 0 Å². The molecule has 1 fully saturated rings. The normalized spacial score (nSPS) is 20.6. The number of likely N-dealkylation sites (N-methyl/N-ethyl adjacent to an activating group) is 1. The molecule has 0 radical (unpaired) electrons. The third-order valence-corrected chi connectivity index (χ3v) is 5.97. The summed E-state index contributed by atoms with van der Waals surface area (Å²) in [6, 6.07) is 9.57. The summed E-state index contributed by atoms with van der Waals surface area (Å²) in [5.74, 6) is -2.79. The highest BCUT2D eigenvalue weighted by molar-refractivity contribution is 5.70. The fourth-order valence-electron chi connectivity index (χ4n) is 4.21. The van der Waals surface area contributed by atoms with Gasteiger partial charge in [-0.3, -0.25) is 29.1 Å². The van der Waals surface area contributed by atoms with Crippen molar-refractivity contribution in [3.8, 4) is 0 Å². The molecule has 0 amide bonds. The van der Waals surface area contributed by atoms with Crippen LogP contribution in [0.15, 0.2) is 30.3 Å². The van der Waals surface area contributed by atoms with Crippen molar-refractivity contribution in [1.82, 2.24) is 19.6 Å². The summed E-state index contributed by atoms with van der Waals surface area (Å²) in [5.41, 5.74) is 1.06. The number of carbonyl (C=O) groups is 3. The van der Waals surface area contributed by atoms with Crippen LogP contribution in [0.3, 0.4) is 0 Å². The van der Waals surface area contributed by atoms with Gasteiger partial charge < -0.3 is 20.2 Å². The summed E-state index contributed by atoms with van der Waals surface area (Å²) in [5, 5.41) is 28.3. The Morgan fingerprint density at radius 3 is 1.85 bits per heavy atom. The Labute approximate surface area is 195 Å². The zero-order valence-corrected chi connectivity index (χ0v) is 19.3. The highest BCUT2D eigenvalue weighted by Crippen LogP contribution is 2.13. The second-order valence-electron chi connectivity index (χ2n) is 8.44. The average molecular weight is 465 g/mol. The van der Waals surface area contributed by atoms with Crippen molar-refractivity contribution in [3.05, 3.63) is 35.9 Å². The van der Waals surface area contributed by atoms with Crippen LogP contribution < -0.4 is 0 Å². The van der Waals surface area contributed by atoms with E-state index in [1.165, 1.54) is 0 Å². The van der Waals surface area contributed by atoms with E-state index in [9.17, 15) is 29.7 Å². The molecule has 1 saturated heterocycles. The Balaban J connectivity index is 2.32. The van der Waals surface area contributed by atoms with Crippen LogP contribution in [0.1, 0.15) is 12.5 Å². The smallest absolute Gasteiger partial charge is 0.317 e. The number of nitrogens with zero attached hydrogens (tertiary/aromatic N) is 4. The fourth-order valence-corrected chi connectivity index (χ4v) is 4.21. The summed E-state index contributed by atoms with van der Waals surface area (Å²) >= 11 is 0. The molecule has 10 heteroatoms. The van der Waals surface area contributed by atoms with Crippen LogP contribution in [0.5, 0.6) is 0 Å². The zero-order chi connectivity index (χ0) is 24.2. The topological polar surface area (TPSA) is 125 Å². The molecule has 10 nitrogen and oxygen atoms in total. The van der Waals surface area contributed by atoms with Crippen LogP contribution in [0.2, 0.25) is 0 Å². The highest BCUT2D eigenvalue weighted by Gasteiger charge is 2.26. The van der Waals surface area contributed by atoms with E-state index in [4.69, 9.17) is 0 Å². The molecule has 1 unspecified atom stereocenters. The summed E-state index contributed by atoms with van der Waals surface area (Å²) in [6.07, 6.45) is 0.592. The number of carboxylic acid groups (broad SMARTS) is 3. The average Bonchev–Trinajstić information content (AvgIpc) is 2.74. The van der Waals surface area contributed by atoms with Crippen molar-refractivity contribution in [2.75, 3.05) is 72.0 Å². The molecule has 2 rings (SSSR count). The second-order valence-corrected chi connectivity index (χ2v) is 8.44. The number of aliphatic carboxylic acids is 3. The van der Waals surface area contributed by atoms with Gasteiger partial charge in [0.1, 0.15) is 0 Å². The summed E-state index contributed by atoms with van der Waals surface area (Å²) < 4.78 is 0. The Bertz CT molecular complexity index is 763. The van der Waals surface area contributed by atoms with Gasteiger partial charge in [0.25, 0.3) is 0 Å². The molecule has 0 aromatic heterocycles. The lowest BCUT2D eigenvalue weighted by Gasteiger charge is -2.37. The van der Waals surface area contributed by atoms with Gasteiger partial charge in [-0.2, -0.15) is 0 Å². The molecule has 1 heterocycles. The number of hydrogen-bond acceptors (Lipinski definition) is 7. The molecule has 184 valence electrons. The number of carboxylic acids is 3. The lowest BCUT2D eigenvalue weighted by molar-refractivity contribution is -0.141. The molecule has 0 spiro atoms. The number of benzene rings is 1. The quantitative estimate of drug-likeness (QED) is 0.463.